The number of aryl methyl sites for hydroxylation is 2. The van der Waals surface area contributed by atoms with Gasteiger partial charge in [-0.1, -0.05) is 55.7 Å². The van der Waals surface area contributed by atoms with Gasteiger partial charge in [-0.15, -0.1) is 0 Å². The zero-order chi connectivity index (χ0) is 26.3. The van der Waals surface area contributed by atoms with Crippen LogP contribution in [0.25, 0.3) is 6.08 Å². The summed E-state index contributed by atoms with van der Waals surface area (Å²) >= 11 is 1.61. The average molecular weight is 524 g/mol. The molecule has 37 heavy (non-hydrogen) atoms. The standard InChI is InChI=1S/C29H37N3O4S/c1-32-20-19-30-29(32)37-22-24-15-18-27(26(31-24)11-9-12-28(33)34)36-21-8-6-4-3-5-7-10-23-13-16-25(35-2)17-14-23/h9,11,13-20H,3-8,10,12,21-22H2,1-2H3,(H,33,34). The van der Waals surface area contributed by atoms with Gasteiger partial charge in [-0.25, -0.2) is 9.97 Å². The van der Waals surface area contributed by atoms with Gasteiger partial charge in [0.1, 0.15) is 17.2 Å². The number of methoxy groups -OCH3 is 1. The van der Waals surface area contributed by atoms with Gasteiger partial charge in [-0.05, 0) is 55.2 Å². The van der Waals surface area contributed by atoms with Crippen molar-refractivity contribution in [3.8, 4) is 11.5 Å². The number of carboxylic acid groups (broad SMARTS) is 1. The van der Waals surface area contributed by atoms with Crippen LogP contribution in [0.3, 0.4) is 0 Å². The van der Waals surface area contributed by atoms with E-state index in [4.69, 9.17) is 19.6 Å². The van der Waals surface area contributed by atoms with Gasteiger partial charge in [0.15, 0.2) is 5.16 Å². The van der Waals surface area contributed by atoms with Crippen molar-refractivity contribution in [1.29, 1.82) is 0 Å². The molecule has 0 aliphatic rings. The monoisotopic (exact) mass is 523 g/mol. The zero-order valence-electron chi connectivity index (χ0n) is 21.8. The zero-order valence-corrected chi connectivity index (χ0v) is 22.6. The summed E-state index contributed by atoms with van der Waals surface area (Å²) < 4.78 is 13.2. The third-order valence-corrected chi connectivity index (χ3v) is 7.01. The van der Waals surface area contributed by atoms with Crippen molar-refractivity contribution >= 4 is 23.8 Å². The lowest BCUT2D eigenvalue weighted by Gasteiger charge is -2.11. The van der Waals surface area contributed by atoms with Crippen molar-refractivity contribution in [2.45, 2.75) is 62.3 Å². The fraction of sp³-hybridized carbons (Fsp3) is 0.414. The topological polar surface area (TPSA) is 86.5 Å². The van der Waals surface area contributed by atoms with E-state index in [1.54, 1.807) is 37.2 Å². The van der Waals surface area contributed by atoms with E-state index in [0.29, 0.717) is 23.8 Å². The minimum atomic E-state index is -0.871. The van der Waals surface area contributed by atoms with Crippen molar-refractivity contribution in [2.24, 2.45) is 7.05 Å². The minimum Gasteiger partial charge on any atom is -0.497 e. The van der Waals surface area contributed by atoms with E-state index in [1.165, 1.54) is 31.2 Å². The lowest BCUT2D eigenvalue weighted by molar-refractivity contribution is -0.135. The fourth-order valence-electron chi connectivity index (χ4n) is 3.84. The van der Waals surface area contributed by atoms with Gasteiger partial charge in [-0.3, -0.25) is 4.79 Å². The second-order valence-corrected chi connectivity index (χ2v) is 9.81. The van der Waals surface area contributed by atoms with E-state index in [9.17, 15) is 4.79 Å². The van der Waals surface area contributed by atoms with Crippen molar-refractivity contribution < 1.29 is 19.4 Å². The lowest BCUT2D eigenvalue weighted by Crippen LogP contribution is -2.02. The lowest BCUT2D eigenvalue weighted by atomic mass is 10.0. The number of aliphatic carboxylic acids is 1. The van der Waals surface area contributed by atoms with Crippen LogP contribution in [-0.2, 0) is 24.0 Å². The molecule has 3 rings (SSSR count). The van der Waals surface area contributed by atoms with Crippen LogP contribution in [0.2, 0.25) is 0 Å². The largest absolute Gasteiger partial charge is 0.497 e. The molecule has 0 bridgehead atoms. The van der Waals surface area contributed by atoms with Crippen molar-refractivity contribution in [3.05, 3.63) is 71.8 Å². The number of unbranched alkanes of at least 4 members (excludes halogenated alkanes) is 5. The predicted octanol–water partition coefficient (Wildman–Crippen LogP) is 6.57. The Morgan fingerprint density at radius 1 is 1.05 bits per heavy atom. The summed E-state index contributed by atoms with van der Waals surface area (Å²) in [4.78, 5) is 20.0. The number of aromatic nitrogens is 3. The second-order valence-electron chi connectivity index (χ2n) is 8.86. The molecule has 3 aromatic rings. The number of pyridine rings is 1. The Morgan fingerprint density at radius 2 is 1.81 bits per heavy atom. The van der Waals surface area contributed by atoms with E-state index in [0.717, 1.165) is 35.9 Å². The molecule has 2 heterocycles. The number of thioether (sulfide) groups is 1. The molecule has 0 unspecified atom stereocenters. The van der Waals surface area contributed by atoms with Crippen molar-refractivity contribution in [2.75, 3.05) is 13.7 Å². The highest BCUT2D eigenvalue weighted by molar-refractivity contribution is 7.98. The van der Waals surface area contributed by atoms with E-state index >= 15 is 0 Å². The molecule has 0 radical (unpaired) electrons. The molecule has 7 nitrogen and oxygen atoms in total. The molecule has 0 atom stereocenters. The highest BCUT2D eigenvalue weighted by atomic mass is 32.2. The maximum Gasteiger partial charge on any atom is 0.307 e. The molecule has 8 heteroatoms. The predicted molar refractivity (Wildman–Crippen MR) is 148 cm³/mol. The van der Waals surface area contributed by atoms with Crippen LogP contribution in [0.4, 0.5) is 0 Å². The summed E-state index contributed by atoms with van der Waals surface area (Å²) in [5, 5.41) is 9.89. The van der Waals surface area contributed by atoms with Gasteiger partial charge < -0.3 is 19.1 Å². The van der Waals surface area contributed by atoms with Crippen LogP contribution >= 0.6 is 11.8 Å². The van der Waals surface area contributed by atoms with Crippen LogP contribution in [0.15, 0.2) is 60.0 Å². The Labute approximate surface area is 223 Å². The van der Waals surface area contributed by atoms with Gasteiger partial charge in [-0.2, -0.15) is 0 Å². The minimum absolute atomic E-state index is 0.0498. The van der Waals surface area contributed by atoms with Crippen molar-refractivity contribution in [3.63, 3.8) is 0 Å². The van der Waals surface area contributed by atoms with Crippen LogP contribution in [0.1, 0.15) is 61.9 Å². The molecule has 2 aromatic heterocycles. The summed E-state index contributed by atoms with van der Waals surface area (Å²) in [6, 6.07) is 12.2. The van der Waals surface area contributed by atoms with E-state index in [1.807, 2.05) is 42.1 Å². The number of hydrogen-bond donors (Lipinski definition) is 1. The van der Waals surface area contributed by atoms with Gasteiger partial charge >= 0.3 is 5.97 Å². The molecular weight excluding hydrogens is 486 g/mol. The molecule has 0 saturated heterocycles. The quantitative estimate of drug-likeness (QED) is 0.158. The number of carboxylic acids is 1. The number of benzene rings is 1. The highest BCUT2D eigenvalue weighted by Gasteiger charge is 2.08. The molecule has 1 N–H and O–H groups in total. The third kappa shape index (κ3) is 10.3. The molecule has 0 aliphatic carbocycles. The Hall–Kier alpha value is -3.26. The number of imidazole rings is 1. The molecule has 0 spiro atoms. The van der Waals surface area contributed by atoms with E-state index < -0.39 is 5.97 Å². The maximum atomic E-state index is 10.9. The van der Waals surface area contributed by atoms with Gasteiger partial charge in [0, 0.05) is 25.2 Å². The molecule has 0 fully saturated rings. The first-order chi connectivity index (χ1) is 18.0. The number of carbonyl (C=O) groups is 1. The SMILES string of the molecule is COc1ccc(CCCCCCCCOc2ccc(CSc3nccn3C)nc2C=CCC(=O)O)cc1. The van der Waals surface area contributed by atoms with E-state index in [-0.39, 0.29) is 6.42 Å². The Bertz CT molecular complexity index is 1130. The van der Waals surface area contributed by atoms with Crippen LogP contribution in [0, 0.1) is 0 Å². The normalized spacial score (nSPS) is 11.2. The number of ether oxygens (including phenoxy) is 2. The Balaban J connectivity index is 1.38. The highest BCUT2D eigenvalue weighted by Crippen LogP contribution is 2.24. The van der Waals surface area contributed by atoms with Gasteiger partial charge in [0.05, 0.1) is 25.8 Å². The van der Waals surface area contributed by atoms with Crippen LogP contribution < -0.4 is 9.47 Å². The first-order valence-electron chi connectivity index (χ1n) is 12.8. The first kappa shape index (κ1) is 28.3. The first-order valence-corrected chi connectivity index (χ1v) is 13.8. The van der Waals surface area contributed by atoms with Crippen molar-refractivity contribution in [1.82, 2.24) is 14.5 Å². The Kier molecular flexibility index (Phi) is 12.1. The summed E-state index contributed by atoms with van der Waals surface area (Å²) in [6.45, 7) is 0.620. The van der Waals surface area contributed by atoms with E-state index in [2.05, 4.69) is 17.1 Å². The summed E-state index contributed by atoms with van der Waals surface area (Å²) in [5.41, 5.74) is 2.92. The average Bonchev–Trinajstić information content (AvgIpc) is 3.32. The molecule has 0 amide bonds. The van der Waals surface area contributed by atoms with Gasteiger partial charge in [0.25, 0.3) is 0 Å². The molecule has 1 aromatic carbocycles. The molecule has 0 saturated carbocycles. The summed E-state index contributed by atoms with van der Waals surface area (Å²) in [7, 11) is 3.65. The second kappa shape index (κ2) is 15.8. The molecular formula is C29H37N3O4S. The molecule has 0 aliphatic heterocycles. The smallest absolute Gasteiger partial charge is 0.307 e. The van der Waals surface area contributed by atoms with Crippen LogP contribution in [0.5, 0.6) is 11.5 Å². The fourth-order valence-corrected chi connectivity index (χ4v) is 4.68. The summed E-state index contributed by atoms with van der Waals surface area (Å²) in [6.07, 6.45) is 15.0. The van der Waals surface area contributed by atoms with Crippen LogP contribution in [-0.4, -0.2) is 39.3 Å². The third-order valence-electron chi connectivity index (χ3n) is 5.91. The molecule has 198 valence electrons. The number of nitrogens with zero attached hydrogens (tertiary/aromatic N) is 3. The maximum absolute atomic E-state index is 10.9. The summed E-state index contributed by atoms with van der Waals surface area (Å²) in [5.74, 6) is 1.39. The number of hydrogen-bond acceptors (Lipinski definition) is 6. The van der Waals surface area contributed by atoms with Gasteiger partial charge in [0.2, 0.25) is 0 Å². The number of rotatable bonds is 17. The Morgan fingerprint density at radius 3 is 2.51 bits per heavy atom.